The normalized spacial score (nSPS) is 42.5. The average molecular weight is 152 g/mol. The van der Waals surface area contributed by atoms with Gasteiger partial charge in [0.25, 0.3) is 0 Å². The minimum atomic E-state index is -0.225. The molecule has 60 valence electrons. The van der Waals surface area contributed by atoms with Crippen molar-refractivity contribution >= 4 is 5.97 Å². The zero-order valence-electron chi connectivity index (χ0n) is 6.72. The van der Waals surface area contributed by atoms with Crippen LogP contribution in [-0.4, -0.2) is 12.6 Å². The first kappa shape index (κ1) is 6.89. The summed E-state index contributed by atoms with van der Waals surface area (Å²) in [5.74, 6) is 0.378. The Bertz CT molecular complexity index is 232. The molecule has 2 fully saturated rings. The lowest BCUT2D eigenvalue weighted by Gasteiger charge is -2.15. The molecule has 2 atom stereocenters. The third kappa shape index (κ3) is 0.753. The van der Waals surface area contributed by atoms with Crippen molar-refractivity contribution in [1.82, 2.24) is 0 Å². The van der Waals surface area contributed by atoms with Crippen LogP contribution in [0, 0.1) is 11.3 Å². The van der Waals surface area contributed by atoms with Gasteiger partial charge in [-0.15, -0.1) is 0 Å². The van der Waals surface area contributed by atoms with Crippen molar-refractivity contribution < 1.29 is 9.53 Å². The smallest absolute Gasteiger partial charge is 0.312 e. The summed E-state index contributed by atoms with van der Waals surface area (Å²) >= 11 is 0. The first-order valence-corrected chi connectivity index (χ1v) is 3.97. The van der Waals surface area contributed by atoms with Crippen LogP contribution in [0.3, 0.4) is 0 Å². The van der Waals surface area contributed by atoms with E-state index in [2.05, 4.69) is 6.58 Å². The summed E-state index contributed by atoms with van der Waals surface area (Å²) in [4.78, 5) is 11.3. The van der Waals surface area contributed by atoms with Crippen LogP contribution in [0.2, 0.25) is 0 Å². The zero-order chi connectivity index (χ0) is 8.06. The minimum Gasteiger partial charge on any atom is -0.465 e. The van der Waals surface area contributed by atoms with Gasteiger partial charge in [-0.05, 0) is 19.8 Å². The number of fused-ring (bicyclic) bond motifs is 1. The molecular weight excluding hydrogens is 140 g/mol. The molecule has 0 N–H and O–H groups in total. The summed E-state index contributed by atoms with van der Waals surface area (Å²) in [6, 6.07) is 0. The van der Waals surface area contributed by atoms with E-state index in [4.69, 9.17) is 4.74 Å². The van der Waals surface area contributed by atoms with Crippen LogP contribution in [-0.2, 0) is 9.53 Å². The van der Waals surface area contributed by atoms with Crippen molar-refractivity contribution in [3.63, 3.8) is 0 Å². The highest BCUT2D eigenvalue weighted by atomic mass is 16.5. The van der Waals surface area contributed by atoms with Gasteiger partial charge in [0.05, 0.1) is 12.0 Å². The van der Waals surface area contributed by atoms with Crippen molar-refractivity contribution in [2.45, 2.75) is 19.8 Å². The topological polar surface area (TPSA) is 26.3 Å². The van der Waals surface area contributed by atoms with Gasteiger partial charge in [0.15, 0.2) is 0 Å². The van der Waals surface area contributed by atoms with Gasteiger partial charge in [-0.2, -0.15) is 0 Å². The Morgan fingerprint density at radius 3 is 3.09 bits per heavy atom. The van der Waals surface area contributed by atoms with E-state index < -0.39 is 0 Å². The summed E-state index contributed by atoms with van der Waals surface area (Å²) in [6.07, 6.45) is 1.80. The maximum atomic E-state index is 11.3. The van der Waals surface area contributed by atoms with Gasteiger partial charge in [0, 0.05) is 5.92 Å². The van der Waals surface area contributed by atoms with Gasteiger partial charge in [0.1, 0.15) is 0 Å². The van der Waals surface area contributed by atoms with Crippen LogP contribution in [0.4, 0.5) is 0 Å². The van der Waals surface area contributed by atoms with Crippen LogP contribution >= 0.6 is 0 Å². The second-order valence-corrected chi connectivity index (χ2v) is 3.84. The van der Waals surface area contributed by atoms with Gasteiger partial charge >= 0.3 is 5.97 Å². The van der Waals surface area contributed by atoms with Gasteiger partial charge in [-0.1, -0.05) is 12.2 Å². The van der Waals surface area contributed by atoms with Crippen LogP contribution in [0.1, 0.15) is 19.8 Å². The van der Waals surface area contributed by atoms with Crippen LogP contribution in [0.15, 0.2) is 12.2 Å². The van der Waals surface area contributed by atoms with E-state index in [1.807, 2.05) is 6.92 Å². The third-order valence-corrected chi connectivity index (χ3v) is 2.94. The number of esters is 1. The number of ether oxygens (including phenoxy) is 1. The number of rotatable bonds is 0. The van der Waals surface area contributed by atoms with Gasteiger partial charge in [-0.3, -0.25) is 4.79 Å². The van der Waals surface area contributed by atoms with Crippen molar-refractivity contribution in [2.75, 3.05) is 6.61 Å². The minimum absolute atomic E-state index is 0.0267. The number of hydrogen-bond acceptors (Lipinski definition) is 2. The van der Waals surface area contributed by atoms with E-state index >= 15 is 0 Å². The number of carbonyl (C=O) groups excluding carboxylic acids is 1. The van der Waals surface area contributed by atoms with Crippen LogP contribution in [0.25, 0.3) is 0 Å². The second kappa shape index (κ2) is 1.87. The molecule has 2 heteroatoms. The summed E-state index contributed by atoms with van der Waals surface area (Å²) in [7, 11) is 0. The predicted molar refractivity (Wildman–Crippen MR) is 40.9 cm³/mol. The number of carbonyl (C=O) groups is 1. The largest absolute Gasteiger partial charge is 0.465 e. The molecule has 2 aliphatic rings. The average Bonchev–Trinajstić information content (AvgIpc) is 2.32. The zero-order valence-corrected chi connectivity index (χ0v) is 6.72. The first-order valence-electron chi connectivity index (χ1n) is 3.97. The van der Waals surface area contributed by atoms with Crippen molar-refractivity contribution in [2.24, 2.45) is 11.3 Å². The molecule has 2 nitrogen and oxygen atoms in total. The maximum absolute atomic E-state index is 11.3. The number of cyclic esters (lactones) is 1. The van der Waals surface area contributed by atoms with E-state index in [1.54, 1.807) is 0 Å². The quantitative estimate of drug-likeness (QED) is 0.388. The monoisotopic (exact) mass is 152 g/mol. The molecular formula is C9H12O2. The predicted octanol–water partition coefficient (Wildman–Crippen LogP) is 1.52. The first-order chi connectivity index (χ1) is 5.13. The second-order valence-electron chi connectivity index (χ2n) is 3.84. The fraction of sp³-hybridized carbons (Fsp3) is 0.667. The van der Waals surface area contributed by atoms with E-state index in [1.165, 1.54) is 5.57 Å². The summed E-state index contributed by atoms with van der Waals surface area (Å²) in [5, 5.41) is 0. The lowest BCUT2D eigenvalue weighted by atomic mass is 9.82. The SMILES string of the molecule is C=C1CC2COC(=O)C2(C)C1. The summed E-state index contributed by atoms with van der Waals surface area (Å²) in [5.41, 5.74) is 0.978. The molecule has 11 heavy (non-hydrogen) atoms. The molecule has 2 unspecified atom stereocenters. The molecule has 1 aliphatic carbocycles. The maximum Gasteiger partial charge on any atom is 0.312 e. The van der Waals surface area contributed by atoms with Crippen molar-refractivity contribution in [3.8, 4) is 0 Å². The highest BCUT2D eigenvalue weighted by Gasteiger charge is 2.52. The highest BCUT2D eigenvalue weighted by molar-refractivity contribution is 5.80. The van der Waals surface area contributed by atoms with Crippen molar-refractivity contribution in [3.05, 3.63) is 12.2 Å². The molecule has 0 amide bonds. The number of allylic oxidation sites excluding steroid dienone is 1. The molecule has 0 radical (unpaired) electrons. The molecule has 2 rings (SSSR count). The molecule has 0 spiro atoms. The van der Waals surface area contributed by atoms with Gasteiger partial charge < -0.3 is 4.74 Å². The summed E-state index contributed by atoms with van der Waals surface area (Å²) < 4.78 is 4.99. The lowest BCUT2D eigenvalue weighted by molar-refractivity contribution is -0.145. The molecule has 0 aromatic heterocycles. The van der Waals surface area contributed by atoms with Crippen LogP contribution < -0.4 is 0 Å². The number of hydrogen-bond donors (Lipinski definition) is 0. The fourth-order valence-electron chi connectivity index (χ4n) is 2.13. The van der Waals surface area contributed by atoms with E-state index in [9.17, 15) is 4.79 Å². The fourth-order valence-corrected chi connectivity index (χ4v) is 2.13. The van der Waals surface area contributed by atoms with E-state index in [0.29, 0.717) is 12.5 Å². The van der Waals surface area contributed by atoms with Crippen molar-refractivity contribution in [1.29, 1.82) is 0 Å². The standard InChI is InChI=1S/C9H12O2/c1-6-3-7-5-11-8(10)9(7,2)4-6/h7H,1,3-5H2,2H3. The highest BCUT2D eigenvalue weighted by Crippen LogP contribution is 2.49. The lowest BCUT2D eigenvalue weighted by Crippen LogP contribution is -2.24. The summed E-state index contributed by atoms with van der Waals surface area (Å²) in [6.45, 7) is 6.51. The molecule has 0 bridgehead atoms. The van der Waals surface area contributed by atoms with Gasteiger partial charge in [0.2, 0.25) is 0 Å². The Labute approximate surface area is 66.2 Å². The molecule has 0 aromatic carbocycles. The van der Waals surface area contributed by atoms with E-state index in [-0.39, 0.29) is 11.4 Å². The molecule has 1 saturated carbocycles. The van der Waals surface area contributed by atoms with Gasteiger partial charge in [-0.25, -0.2) is 0 Å². The Hall–Kier alpha value is -0.790. The molecule has 1 aliphatic heterocycles. The van der Waals surface area contributed by atoms with E-state index in [0.717, 1.165) is 12.8 Å². The van der Waals surface area contributed by atoms with Crippen LogP contribution in [0.5, 0.6) is 0 Å². The third-order valence-electron chi connectivity index (χ3n) is 2.94. The molecule has 0 aromatic rings. The molecule has 1 heterocycles. The molecule has 1 saturated heterocycles. The Morgan fingerprint density at radius 2 is 2.45 bits per heavy atom. The Morgan fingerprint density at radius 1 is 1.73 bits per heavy atom. The Balaban J connectivity index is 2.33. The Kier molecular flexibility index (Phi) is 1.17.